The van der Waals surface area contributed by atoms with Gasteiger partial charge < -0.3 is 5.32 Å². The number of piperidine rings is 1. The number of benzene rings is 2. The Morgan fingerprint density at radius 1 is 0.976 bits per heavy atom. The van der Waals surface area contributed by atoms with Crippen LogP contribution in [0.1, 0.15) is 40.5 Å². The van der Waals surface area contributed by atoms with Crippen molar-refractivity contribution in [2.45, 2.75) is 42.8 Å². The van der Waals surface area contributed by atoms with Gasteiger partial charge in [-0.3, -0.25) is 19.5 Å². The molecule has 1 fully saturated rings. The van der Waals surface area contributed by atoms with Gasteiger partial charge in [0.1, 0.15) is 5.01 Å². The first-order valence-electron chi connectivity index (χ1n) is 13.0. The number of halogens is 1. The number of amides is 2. The van der Waals surface area contributed by atoms with Crippen molar-refractivity contribution in [2.24, 2.45) is 0 Å². The number of hydrogen-bond donors (Lipinski definition) is 2. The number of aromatic nitrogens is 5. The summed E-state index contributed by atoms with van der Waals surface area (Å²) in [6.07, 6.45) is 2.73. The summed E-state index contributed by atoms with van der Waals surface area (Å²) in [4.78, 5) is 25.6. The normalized spacial score (nSPS) is 14.0. The number of carbonyl (C=O) groups is 2. The molecule has 2 aromatic carbocycles. The van der Waals surface area contributed by atoms with Crippen LogP contribution in [-0.2, 0) is 21.4 Å². The molecule has 16 heteroatoms. The molecule has 1 aliphatic heterocycles. The van der Waals surface area contributed by atoms with Crippen LogP contribution in [0.25, 0.3) is 5.69 Å². The Bertz CT molecular complexity index is 1670. The van der Waals surface area contributed by atoms with Gasteiger partial charge in [-0.05, 0) is 68.3 Å². The van der Waals surface area contributed by atoms with E-state index in [0.29, 0.717) is 34.8 Å². The number of aryl methyl sites for hydroxylation is 1. The molecule has 0 atom stereocenters. The highest BCUT2D eigenvalue weighted by atomic mass is 79.9. The molecule has 2 N–H and O–H groups in total. The van der Waals surface area contributed by atoms with Gasteiger partial charge in [0.15, 0.2) is 11.0 Å². The second-order valence-corrected chi connectivity index (χ2v) is 14.3. The maximum absolute atomic E-state index is 13.0. The van der Waals surface area contributed by atoms with Crippen molar-refractivity contribution >= 4 is 66.0 Å². The highest BCUT2D eigenvalue weighted by Crippen LogP contribution is 2.25. The Labute approximate surface area is 259 Å². The minimum atomic E-state index is -3.58. The summed E-state index contributed by atoms with van der Waals surface area (Å²) in [7, 11) is -3.58. The third-order valence-corrected chi connectivity index (χ3v) is 10.5. The fourth-order valence-electron chi connectivity index (χ4n) is 4.28. The van der Waals surface area contributed by atoms with Crippen molar-refractivity contribution < 1.29 is 18.0 Å². The lowest BCUT2D eigenvalue weighted by atomic mass is 10.2. The Balaban J connectivity index is 1.27. The van der Waals surface area contributed by atoms with Crippen molar-refractivity contribution in [1.29, 1.82) is 0 Å². The zero-order chi connectivity index (χ0) is 29.7. The van der Waals surface area contributed by atoms with E-state index in [9.17, 15) is 18.0 Å². The van der Waals surface area contributed by atoms with Crippen LogP contribution in [0.15, 0.2) is 63.1 Å². The summed E-state index contributed by atoms with van der Waals surface area (Å²) in [6.45, 7) is 2.88. The topological polar surface area (TPSA) is 152 Å². The van der Waals surface area contributed by atoms with Gasteiger partial charge in [0.2, 0.25) is 21.1 Å². The van der Waals surface area contributed by atoms with Gasteiger partial charge in [0.25, 0.3) is 5.91 Å². The van der Waals surface area contributed by atoms with Crippen LogP contribution in [0, 0.1) is 6.92 Å². The van der Waals surface area contributed by atoms with Crippen LogP contribution < -0.4 is 10.6 Å². The Hall–Kier alpha value is -3.18. The molecular formula is C26H27BrN8O4S3. The van der Waals surface area contributed by atoms with Crippen LogP contribution in [0.3, 0.4) is 0 Å². The summed E-state index contributed by atoms with van der Waals surface area (Å²) >= 11 is 5.92. The molecule has 0 saturated carbocycles. The van der Waals surface area contributed by atoms with E-state index in [1.807, 2.05) is 24.3 Å². The number of nitrogens with zero attached hydrogens (tertiary/aromatic N) is 6. The van der Waals surface area contributed by atoms with Crippen molar-refractivity contribution in [3.8, 4) is 5.69 Å². The van der Waals surface area contributed by atoms with E-state index >= 15 is 0 Å². The number of nitrogens with one attached hydrogen (secondary N) is 2. The molecule has 5 rings (SSSR count). The van der Waals surface area contributed by atoms with Gasteiger partial charge in [-0.15, -0.1) is 20.4 Å². The lowest BCUT2D eigenvalue weighted by Gasteiger charge is -2.25. The van der Waals surface area contributed by atoms with Gasteiger partial charge in [-0.1, -0.05) is 45.4 Å². The molecule has 0 radical (unpaired) electrons. The fourth-order valence-corrected chi connectivity index (χ4v) is 7.44. The molecule has 0 bridgehead atoms. The number of carbonyl (C=O) groups excluding carboxylic acids is 2. The average molecular weight is 692 g/mol. The third kappa shape index (κ3) is 7.23. The molecule has 0 aliphatic carbocycles. The van der Waals surface area contributed by atoms with E-state index in [1.165, 1.54) is 51.7 Å². The molecular weight excluding hydrogens is 664 g/mol. The first kappa shape index (κ1) is 30.3. The zero-order valence-electron chi connectivity index (χ0n) is 22.5. The molecule has 2 amide bonds. The molecule has 42 heavy (non-hydrogen) atoms. The van der Waals surface area contributed by atoms with E-state index in [0.717, 1.165) is 34.4 Å². The van der Waals surface area contributed by atoms with Crippen molar-refractivity contribution in [1.82, 2.24) is 34.6 Å². The number of thioether (sulfide) groups is 1. The molecule has 1 saturated heterocycles. The van der Waals surface area contributed by atoms with E-state index in [-0.39, 0.29) is 29.0 Å². The van der Waals surface area contributed by atoms with Crippen LogP contribution in [-0.4, -0.2) is 68.3 Å². The van der Waals surface area contributed by atoms with Gasteiger partial charge >= 0.3 is 0 Å². The molecule has 220 valence electrons. The first-order chi connectivity index (χ1) is 20.2. The number of hydrogen-bond acceptors (Lipinski definition) is 10. The van der Waals surface area contributed by atoms with Gasteiger partial charge in [-0.2, -0.15) is 4.31 Å². The zero-order valence-corrected chi connectivity index (χ0v) is 26.5. The average Bonchev–Trinajstić information content (AvgIpc) is 3.60. The summed E-state index contributed by atoms with van der Waals surface area (Å²) in [6, 6.07) is 13.4. The lowest BCUT2D eigenvalue weighted by molar-refractivity contribution is -0.113. The summed E-state index contributed by atoms with van der Waals surface area (Å²) in [5.41, 5.74) is 1.07. The van der Waals surface area contributed by atoms with E-state index < -0.39 is 10.0 Å². The van der Waals surface area contributed by atoms with Crippen molar-refractivity contribution in [3.63, 3.8) is 0 Å². The summed E-state index contributed by atoms with van der Waals surface area (Å²) < 4.78 is 30.0. The van der Waals surface area contributed by atoms with Crippen LogP contribution in [0.2, 0.25) is 0 Å². The molecule has 12 nitrogen and oxygen atoms in total. The minimum Gasteiger partial charge on any atom is -0.345 e. The number of rotatable bonds is 10. The SMILES string of the molecule is Cc1nnc(NC(=O)CSc2nnc(CNC(=O)c3ccc(S(=O)(=O)N4CCCCC4)cc3)n2-c2ccc(Br)cc2)s1. The molecule has 4 aromatic rings. The molecule has 3 heterocycles. The Kier molecular flexibility index (Phi) is 9.67. The van der Waals surface area contributed by atoms with Crippen molar-refractivity contribution in [3.05, 3.63) is 69.4 Å². The van der Waals surface area contributed by atoms with Crippen LogP contribution in [0.4, 0.5) is 5.13 Å². The molecule has 0 unspecified atom stereocenters. The van der Waals surface area contributed by atoms with Crippen molar-refractivity contribution in [2.75, 3.05) is 24.2 Å². The summed E-state index contributed by atoms with van der Waals surface area (Å²) in [5, 5.41) is 23.5. The van der Waals surface area contributed by atoms with E-state index in [2.05, 4.69) is 47.0 Å². The van der Waals surface area contributed by atoms with Crippen LogP contribution in [0.5, 0.6) is 0 Å². The standard InChI is InChI=1S/C26H27BrN8O4S3/c1-17-30-32-25(41-17)29-23(36)16-40-26-33-31-22(35(26)20-9-7-19(27)8-10-20)15-28-24(37)18-5-11-21(12-6-18)42(38,39)34-13-3-2-4-14-34/h5-12H,2-4,13-16H2,1H3,(H,28,37)(H,29,32,36). The fraction of sp³-hybridized carbons (Fsp3) is 0.308. The largest absolute Gasteiger partial charge is 0.345 e. The van der Waals surface area contributed by atoms with Gasteiger partial charge in [-0.25, -0.2) is 8.42 Å². The lowest BCUT2D eigenvalue weighted by Crippen LogP contribution is -2.35. The highest BCUT2D eigenvalue weighted by Gasteiger charge is 2.26. The maximum atomic E-state index is 13.0. The van der Waals surface area contributed by atoms with Gasteiger partial charge in [0.05, 0.1) is 17.2 Å². The second-order valence-electron chi connectivity index (χ2n) is 9.35. The van der Waals surface area contributed by atoms with Gasteiger partial charge in [0, 0.05) is 28.8 Å². The van der Waals surface area contributed by atoms with E-state index in [1.54, 1.807) is 11.5 Å². The predicted molar refractivity (Wildman–Crippen MR) is 163 cm³/mol. The molecule has 0 spiro atoms. The van der Waals surface area contributed by atoms with Crippen LogP contribution >= 0.6 is 39.0 Å². The monoisotopic (exact) mass is 690 g/mol. The minimum absolute atomic E-state index is 0.0482. The Morgan fingerprint density at radius 2 is 1.69 bits per heavy atom. The summed E-state index contributed by atoms with van der Waals surface area (Å²) in [5.74, 6) is -0.130. The third-order valence-electron chi connectivity index (χ3n) is 6.37. The van der Waals surface area contributed by atoms with E-state index in [4.69, 9.17) is 0 Å². The quantitative estimate of drug-likeness (QED) is 0.235. The highest BCUT2D eigenvalue weighted by molar-refractivity contribution is 9.10. The number of anilines is 1. The predicted octanol–water partition coefficient (Wildman–Crippen LogP) is 4.03. The Morgan fingerprint density at radius 3 is 2.36 bits per heavy atom. The smallest absolute Gasteiger partial charge is 0.251 e. The molecule has 1 aliphatic rings. The number of sulfonamides is 1. The molecule has 2 aromatic heterocycles. The first-order valence-corrected chi connectivity index (χ1v) is 17.1. The maximum Gasteiger partial charge on any atom is 0.251 e. The second kappa shape index (κ2) is 13.4.